The maximum Gasteiger partial charge on any atom is 0.268 e. The minimum Gasteiger partial charge on any atom is -0.756 e. The smallest absolute Gasteiger partial charge is 0.268 e. The number of rotatable bonds is 68. The van der Waals surface area contributed by atoms with E-state index in [0.717, 1.165) is 44.9 Å². The normalized spacial score (nSPS) is 13.8. The van der Waals surface area contributed by atoms with Crippen molar-refractivity contribution in [1.82, 2.24) is 5.32 Å². The van der Waals surface area contributed by atoms with Crippen LogP contribution in [0, 0.1) is 0 Å². The summed E-state index contributed by atoms with van der Waals surface area (Å²) in [4.78, 5) is 25.6. The molecule has 0 radical (unpaired) electrons. The summed E-state index contributed by atoms with van der Waals surface area (Å²) in [7, 11) is 1.25. The first-order valence-electron chi connectivity index (χ1n) is 36.4. The van der Waals surface area contributed by atoms with E-state index >= 15 is 0 Å². The number of carbonyl (C=O) groups is 1. The van der Waals surface area contributed by atoms with E-state index in [4.69, 9.17) is 9.05 Å². The van der Waals surface area contributed by atoms with Crippen LogP contribution in [-0.4, -0.2) is 68.5 Å². The van der Waals surface area contributed by atoms with Gasteiger partial charge in [-0.15, -0.1) is 0 Å². The Labute approximate surface area is 512 Å². The molecule has 9 heteroatoms. The molecule has 0 aromatic rings. The first kappa shape index (κ1) is 80.7. The molecule has 0 saturated carbocycles. The number of hydrogen-bond donors (Lipinski definition) is 2. The van der Waals surface area contributed by atoms with Crippen molar-refractivity contribution in [3.8, 4) is 0 Å². The molecular weight excluding hydrogens is 1030 g/mol. The molecule has 0 heterocycles. The summed E-state index contributed by atoms with van der Waals surface area (Å²) in [6.45, 7) is 4.68. The molecule has 0 aromatic carbocycles. The van der Waals surface area contributed by atoms with E-state index < -0.39 is 26.6 Å². The molecule has 0 aliphatic heterocycles. The molecule has 0 aliphatic rings. The summed E-state index contributed by atoms with van der Waals surface area (Å²) in [5.74, 6) is -0.203. The number of allylic oxidation sites excluding steroid dienone is 5. The Morgan fingerprint density at radius 3 is 0.988 bits per heavy atom. The van der Waals surface area contributed by atoms with Gasteiger partial charge >= 0.3 is 0 Å². The zero-order valence-corrected chi connectivity index (χ0v) is 56.6. The van der Waals surface area contributed by atoms with Gasteiger partial charge in [-0.1, -0.05) is 359 Å². The largest absolute Gasteiger partial charge is 0.756 e. The quantitative estimate of drug-likeness (QED) is 0.0272. The molecule has 0 aliphatic carbocycles. The second kappa shape index (κ2) is 64.2. The van der Waals surface area contributed by atoms with Crippen molar-refractivity contribution < 1.29 is 32.9 Å². The van der Waals surface area contributed by atoms with Crippen molar-refractivity contribution in [2.45, 2.75) is 386 Å². The molecule has 0 saturated heterocycles. The van der Waals surface area contributed by atoms with Crippen LogP contribution >= 0.6 is 7.82 Å². The fourth-order valence-corrected chi connectivity index (χ4v) is 11.9. The van der Waals surface area contributed by atoms with Crippen molar-refractivity contribution in [1.29, 1.82) is 0 Å². The molecule has 3 unspecified atom stereocenters. The first-order valence-corrected chi connectivity index (χ1v) is 37.8. The summed E-state index contributed by atoms with van der Waals surface area (Å²) in [6.07, 6.45) is 85.8. The summed E-state index contributed by atoms with van der Waals surface area (Å²) >= 11 is 0. The molecule has 486 valence electrons. The molecule has 0 spiro atoms. The predicted molar refractivity (Wildman–Crippen MR) is 358 cm³/mol. The van der Waals surface area contributed by atoms with Gasteiger partial charge in [0.25, 0.3) is 7.82 Å². The first-order chi connectivity index (χ1) is 40.0. The van der Waals surface area contributed by atoms with Gasteiger partial charge in [0, 0.05) is 6.42 Å². The number of phosphoric acid groups is 1. The average molecular weight is 1180 g/mol. The predicted octanol–water partition coefficient (Wildman–Crippen LogP) is 22.6. The van der Waals surface area contributed by atoms with Crippen LogP contribution in [0.4, 0.5) is 0 Å². The number of aliphatic hydroxyl groups is 1. The van der Waals surface area contributed by atoms with E-state index in [0.29, 0.717) is 17.4 Å². The number of unbranched alkanes of at least 4 members (excludes halogenated alkanes) is 51. The lowest BCUT2D eigenvalue weighted by molar-refractivity contribution is -0.870. The molecular formula is C73H143N2O6P. The van der Waals surface area contributed by atoms with Crippen LogP contribution < -0.4 is 10.2 Å². The Hall–Kier alpha value is -1.28. The second-order valence-electron chi connectivity index (χ2n) is 26.3. The lowest BCUT2D eigenvalue weighted by atomic mass is 10.0. The van der Waals surface area contributed by atoms with Crippen molar-refractivity contribution in [3.63, 3.8) is 0 Å². The van der Waals surface area contributed by atoms with E-state index in [9.17, 15) is 19.4 Å². The van der Waals surface area contributed by atoms with Crippen LogP contribution in [-0.2, 0) is 18.4 Å². The van der Waals surface area contributed by atoms with E-state index in [1.54, 1.807) is 6.08 Å². The van der Waals surface area contributed by atoms with Crippen LogP contribution in [0.3, 0.4) is 0 Å². The maximum atomic E-state index is 13.0. The zero-order valence-electron chi connectivity index (χ0n) is 55.7. The van der Waals surface area contributed by atoms with Crippen LogP contribution in [0.25, 0.3) is 0 Å². The molecule has 2 N–H and O–H groups in total. The van der Waals surface area contributed by atoms with Gasteiger partial charge in [-0.2, -0.15) is 0 Å². The van der Waals surface area contributed by atoms with Gasteiger partial charge in [0.1, 0.15) is 13.2 Å². The molecule has 82 heavy (non-hydrogen) atoms. The topological polar surface area (TPSA) is 108 Å². The Morgan fingerprint density at radius 2 is 0.683 bits per heavy atom. The van der Waals surface area contributed by atoms with E-state index in [-0.39, 0.29) is 12.5 Å². The van der Waals surface area contributed by atoms with Gasteiger partial charge in [-0.05, 0) is 44.9 Å². The van der Waals surface area contributed by atoms with Gasteiger partial charge in [0.05, 0.1) is 39.9 Å². The van der Waals surface area contributed by atoms with Crippen molar-refractivity contribution >= 4 is 13.7 Å². The molecule has 3 atom stereocenters. The monoisotopic (exact) mass is 1180 g/mol. The summed E-state index contributed by atoms with van der Waals surface area (Å²) in [6, 6.07) is -0.910. The van der Waals surface area contributed by atoms with Crippen LogP contribution in [0.1, 0.15) is 373 Å². The van der Waals surface area contributed by atoms with E-state index in [2.05, 4.69) is 43.5 Å². The van der Waals surface area contributed by atoms with Gasteiger partial charge < -0.3 is 28.8 Å². The Kier molecular flexibility index (Phi) is 63.2. The fourth-order valence-electron chi connectivity index (χ4n) is 11.2. The third kappa shape index (κ3) is 66.2. The number of amides is 1. The number of phosphoric ester groups is 1. The average Bonchev–Trinajstić information content (AvgIpc) is 3.47. The van der Waals surface area contributed by atoms with E-state index in [1.165, 1.54) is 308 Å². The van der Waals surface area contributed by atoms with Gasteiger partial charge in [0.2, 0.25) is 5.91 Å². The highest BCUT2D eigenvalue weighted by atomic mass is 31.2. The minimum atomic E-state index is -4.61. The standard InChI is InChI=1S/C73H143N2O6P/c1-6-8-10-12-14-16-18-20-22-24-26-28-30-32-34-35-36-37-38-39-41-43-45-47-49-51-53-55-57-59-61-63-65-67-73(77)74-71(70-81-82(78,79)80-69-68-75(3,4)5)72(76)66-64-62-60-58-56-54-52-50-48-46-44-42-40-33-31-29-27-25-23-21-19-17-15-13-11-9-7-2/h48,50,56,58,64,66,71-72,76H,6-47,49,51-55,57,59-63,65,67-70H2,1-5H3,(H-,74,77,78,79)/b50-48+,58-56+,66-64+. The molecule has 1 amide bonds. The lowest BCUT2D eigenvalue weighted by Gasteiger charge is -2.29. The third-order valence-corrected chi connectivity index (χ3v) is 17.8. The number of likely N-dealkylation sites (N-methyl/N-ethyl adjacent to an activating group) is 1. The highest BCUT2D eigenvalue weighted by Crippen LogP contribution is 2.38. The lowest BCUT2D eigenvalue weighted by Crippen LogP contribution is -2.45. The van der Waals surface area contributed by atoms with Crippen molar-refractivity contribution in [2.24, 2.45) is 0 Å². The number of aliphatic hydroxyl groups excluding tert-OH is 1. The fraction of sp³-hybridized carbons (Fsp3) is 0.904. The second-order valence-corrected chi connectivity index (χ2v) is 27.7. The Morgan fingerprint density at radius 1 is 0.415 bits per heavy atom. The van der Waals surface area contributed by atoms with Gasteiger partial charge in [-0.3, -0.25) is 9.36 Å². The Bertz CT molecular complexity index is 1430. The van der Waals surface area contributed by atoms with Crippen LogP contribution in [0.15, 0.2) is 36.5 Å². The van der Waals surface area contributed by atoms with Crippen LogP contribution in [0.2, 0.25) is 0 Å². The Balaban J connectivity index is 4.05. The van der Waals surface area contributed by atoms with Gasteiger partial charge in [-0.25, -0.2) is 0 Å². The molecule has 0 rings (SSSR count). The van der Waals surface area contributed by atoms with E-state index in [1.807, 2.05) is 27.2 Å². The molecule has 8 nitrogen and oxygen atoms in total. The summed E-state index contributed by atoms with van der Waals surface area (Å²) in [5, 5.41) is 13.9. The van der Waals surface area contributed by atoms with Crippen LogP contribution in [0.5, 0.6) is 0 Å². The zero-order chi connectivity index (χ0) is 59.8. The molecule has 0 bridgehead atoms. The maximum absolute atomic E-state index is 13.0. The minimum absolute atomic E-state index is 0.00704. The summed E-state index contributed by atoms with van der Waals surface area (Å²) < 4.78 is 23.4. The van der Waals surface area contributed by atoms with Crippen molar-refractivity contribution in [2.75, 3.05) is 40.9 Å². The molecule has 0 aromatic heterocycles. The van der Waals surface area contributed by atoms with Crippen molar-refractivity contribution in [3.05, 3.63) is 36.5 Å². The third-order valence-electron chi connectivity index (χ3n) is 16.8. The van der Waals surface area contributed by atoms with Gasteiger partial charge in [0.15, 0.2) is 0 Å². The number of hydrogen-bond acceptors (Lipinski definition) is 6. The molecule has 0 fully saturated rings. The number of carbonyl (C=O) groups excluding carboxylic acids is 1. The highest BCUT2D eigenvalue weighted by Gasteiger charge is 2.23. The number of quaternary nitrogens is 1. The summed E-state index contributed by atoms with van der Waals surface area (Å²) in [5.41, 5.74) is 0. The number of nitrogens with one attached hydrogen (secondary N) is 1. The SMILES string of the molecule is CCCCCCCCCCCCCCCCCCC/C=C/CC/C=C/CC/C=C/C(O)C(COP(=O)([O-])OCC[N+](C)(C)C)NC(=O)CCCCCCCCCCCCCCCCCCCCCCCCCCCCCCCCCCC. The highest BCUT2D eigenvalue weighted by molar-refractivity contribution is 7.45. The number of nitrogens with zero attached hydrogens (tertiary/aromatic N) is 1.